The molecule has 2 N–H and O–H groups in total. The molecule has 1 atom stereocenters. The molecule has 60 valence electrons. The maximum Gasteiger partial charge on any atom is 0.00222 e. The predicted octanol–water partition coefficient (Wildman–Crippen LogP) is 0.677. The van der Waals surface area contributed by atoms with Gasteiger partial charge in [0.1, 0.15) is 0 Å². The molecule has 0 aromatic heterocycles. The summed E-state index contributed by atoms with van der Waals surface area (Å²) in [4.78, 5) is 2.51. The average Bonchev–Trinajstić information content (AvgIpc) is 2.37. The van der Waals surface area contributed by atoms with E-state index in [9.17, 15) is 0 Å². The van der Waals surface area contributed by atoms with Crippen molar-refractivity contribution in [2.24, 2.45) is 11.7 Å². The molecular weight excluding hydrogens is 124 g/mol. The van der Waals surface area contributed by atoms with Crippen LogP contribution in [0.1, 0.15) is 19.8 Å². The van der Waals surface area contributed by atoms with Crippen LogP contribution < -0.4 is 5.73 Å². The fraction of sp³-hybridized carbons (Fsp3) is 1.00. The number of hydrogen-bond donors (Lipinski definition) is 1. The highest BCUT2D eigenvalue weighted by Crippen LogP contribution is 2.14. The maximum absolute atomic E-state index is 5.57. The molecule has 0 spiro atoms. The van der Waals surface area contributed by atoms with Crippen LogP contribution in [0.2, 0.25) is 0 Å². The van der Waals surface area contributed by atoms with Crippen molar-refractivity contribution in [3.8, 4) is 0 Å². The Morgan fingerprint density at radius 3 is 2.90 bits per heavy atom. The van der Waals surface area contributed by atoms with Gasteiger partial charge in [-0.15, -0.1) is 0 Å². The molecular formula is C8H18N2. The van der Waals surface area contributed by atoms with Crippen molar-refractivity contribution in [2.75, 3.05) is 26.2 Å². The van der Waals surface area contributed by atoms with Crippen molar-refractivity contribution in [1.82, 2.24) is 4.90 Å². The molecule has 0 aromatic carbocycles. The summed E-state index contributed by atoms with van der Waals surface area (Å²) in [5.74, 6) is 0.784. The maximum atomic E-state index is 5.57. The van der Waals surface area contributed by atoms with Gasteiger partial charge in [-0.05, 0) is 38.4 Å². The predicted molar refractivity (Wildman–Crippen MR) is 43.9 cm³/mol. The molecule has 0 radical (unpaired) electrons. The van der Waals surface area contributed by atoms with Gasteiger partial charge >= 0.3 is 0 Å². The lowest BCUT2D eigenvalue weighted by Crippen LogP contribution is -2.23. The van der Waals surface area contributed by atoms with Crippen molar-refractivity contribution in [3.05, 3.63) is 0 Å². The Kier molecular flexibility index (Phi) is 3.16. The molecule has 0 aromatic rings. The van der Waals surface area contributed by atoms with Gasteiger partial charge in [0, 0.05) is 6.54 Å². The first-order valence-electron chi connectivity index (χ1n) is 4.29. The lowest BCUT2D eigenvalue weighted by molar-refractivity contribution is 0.326. The third kappa shape index (κ3) is 1.96. The number of nitrogens with zero attached hydrogens (tertiary/aromatic N) is 1. The van der Waals surface area contributed by atoms with Gasteiger partial charge in [-0.2, -0.15) is 0 Å². The van der Waals surface area contributed by atoms with Crippen LogP contribution >= 0.6 is 0 Å². The van der Waals surface area contributed by atoms with E-state index in [1.165, 1.54) is 32.5 Å². The second kappa shape index (κ2) is 3.94. The van der Waals surface area contributed by atoms with Crippen LogP contribution in [0, 0.1) is 5.92 Å². The van der Waals surface area contributed by atoms with Crippen LogP contribution in [-0.4, -0.2) is 31.1 Å². The third-order valence-electron chi connectivity index (χ3n) is 2.24. The summed E-state index contributed by atoms with van der Waals surface area (Å²) in [7, 11) is 0. The van der Waals surface area contributed by atoms with E-state index in [-0.39, 0.29) is 0 Å². The minimum atomic E-state index is 0.784. The molecule has 0 aliphatic carbocycles. The summed E-state index contributed by atoms with van der Waals surface area (Å²) >= 11 is 0. The summed E-state index contributed by atoms with van der Waals surface area (Å²) < 4.78 is 0. The monoisotopic (exact) mass is 142 g/mol. The summed E-state index contributed by atoms with van der Waals surface area (Å²) in [6, 6.07) is 0. The zero-order chi connectivity index (χ0) is 7.40. The Labute approximate surface area is 63.4 Å². The normalized spacial score (nSPS) is 27.6. The molecule has 10 heavy (non-hydrogen) atoms. The standard InChI is InChI=1S/C8H18N2/c1-2-4-10-5-3-8(6-9)7-10/h8H,2-7,9H2,1H3. The number of nitrogens with two attached hydrogens (primary N) is 1. The lowest BCUT2D eigenvalue weighted by atomic mass is 10.1. The number of likely N-dealkylation sites (tertiary alicyclic amines) is 1. The van der Waals surface area contributed by atoms with Crippen LogP contribution in [-0.2, 0) is 0 Å². The summed E-state index contributed by atoms with van der Waals surface area (Å²) in [6.45, 7) is 6.88. The zero-order valence-corrected chi connectivity index (χ0v) is 6.84. The molecule has 1 saturated heterocycles. The van der Waals surface area contributed by atoms with E-state index in [1.54, 1.807) is 0 Å². The molecule has 1 fully saturated rings. The highest BCUT2D eigenvalue weighted by molar-refractivity contribution is 4.75. The van der Waals surface area contributed by atoms with E-state index in [0.717, 1.165) is 12.5 Å². The molecule has 2 heteroatoms. The van der Waals surface area contributed by atoms with Crippen LogP contribution in [0.4, 0.5) is 0 Å². The van der Waals surface area contributed by atoms with E-state index < -0.39 is 0 Å². The van der Waals surface area contributed by atoms with Crippen molar-refractivity contribution in [1.29, 1.82) is 0 Å². The Balaban J connectivity index is 2.15. The molecule has 1 aliphatic rings. The number of rotatable bonds is 3. The zero-order valence-electron chi connectivity index (χ0n) is 6.84. The van der Waals surface area contributed by atoms with Gasteiger partial charge in [0.15, 0.2) is 0 Å². The molecule has 0 saturated carbocycles. The average molecular weight is 142 g/mol. The number of hydrogen-bond acceptors (Lipinski definition) is 2. The smallest absolute Gasteiger partial charge is 0.00222 e. The summed E-state index contributed by atoms with van der Waals surface area (Å²) in [5.41, 5.74) is 5.57. The second-order valence-electron chi connectivity index (χ2n) is 3.19. The molecule has 0 amide bonds. The highest BCUT2D eigenvalue weighted by Gasteiger charge is 2.19. The van der Waals surface area contributed by atoms with E-state index in [0.29, 0.717) is 0 Å². The first-order chi connectivity index (χ1) is 4.86. The third-order valence-corrected chi connectivity index (χ3v) is 2.24. The Hall–Kier alpha value is -0.0800. The molecule has 1 unspecified atom stereocenters. The SMILES string of the molecule is CCCN1CCC(CN)C1. The van der Waals surface area contributed by atoms with Gasteiger partial charge in [-0.3, -0.25) is 0 Å². The van der Waals surface area contributed by atoms with E-state index >= 15 is 0 Å². The van der Waals surface area contributed by atoms with Gasteiger partial charge in [-0.1, -0.05) is 6.92 Å². The molecule has 1 heterocycles. The van der Waals surface area contributed by atoms with Crippen molar-refractivity contribution < 1.29 is 0 Å². The Morgan fingerprint density at radius 2 is 2.40 bits per heavy atom. The quantitative estimate of drug-likeness (QED) is 0.628. The molecule has 1 aliphatic heterocycles. The largest absolute Gasteiger partial charge is 0.330 e. The van der Waals surface area contributed by atoms with Crippen LogP contribution in [0.15, 0.2) is 0 Å². The molecule has 1 rings (SSSR count). The van der Waals surface area contributed by atoms with Crippen LogP contribution in [0.5, 0.6) is 0 Å². The lowest BCUT2D eigenvalue weighted by Gasteiger charge is -2.13. The first-order valence-corrected chi connectivity index (χ1v) is 4.29. The van der Waals surface area contributed by atoms with E-state index in [4.69, 9.17) is 5.73 Å². The van der Waals surface area contributed by atoms with E-state index in [2.05, 4.69) is 11.8 Å². The highest BCUT2D eigenvalue weighted by atomic mass is 15.1. The van der Waals surface area contributed by atoms with Gasteiger partial charge in [0.25, 0.3) is 0 Å². The van der Waals surface area contributed by atoms with Crippen molar-refractivity contribution in [2.45, 2.75) is 19.8 Å². The molecule has 0 bridgehead atoms. The van der Waals surface area contributed by atoms with Gasteiger partial charge < -0.3 is 10.6 Å². The van der Waals surface area contributed by atoms with Gasteiger partial charge in [-0.25, -0.2) is 0 Å². The van der Waals surface area contributed by atoms with E-state index in [1.807, 2.05) is 0 Å². The van der Waals surface area contributed by atoms with Gasteiger partial charge in [0.05, 0.1) is 0 Å². The van der Waals surface area contributed by atoms with Crippen LogP contribution in [0.25, 0.3) is 0 Å². The molecule has 2 nitrogen and oxygen atoms in total. The summed E-state index contributed by atoms with van der Waals surface area (Å²) in [6.07, 6.45) is 2.59. The topological polar surface area (TPSA) is 29.3 Å². The Bertz CT molecular complexity index is 93.3. The van der Waals surface area contributed by atoms with Crippen LogP contribution in [0.3, 0.4) is 0 Å². The van der Waals surface area contributed by atoms with Gasteiger partial charge in [0.2, 0.25) is 0 Å². The second-order valence-corrected chi connectivity index (χ2v) is 3.19. The minimum absolute atomic E-state index is 0.784. The summed E-state index contributed by atoms with van der Waals surface area (Å²) in [5, 5.41) is 0. The fourth-order valence-corrected chi connectivity index (χ4v) is 1.62. The van der Waals surface area contributed by atoms with Crippen molar-refractivity contribution >= 4 is 0 Å². The Morgan fingerprint density at radius 1 is 1.60 bits per heavy atom. The minimum Gasteiger partial charge on any atom is -0.330 e. The van der Waals surface area contributed by atoms with Crippen molar-refractivity contribution in [3.63, 3.8) is 0 Å². The fourth-order valence-electron chi connectivity index (χ4n) is 1.62. The first kappa shape index (κ1) is 8.02.